The Kier molecular flexibility index (Phi) is 12.9. The summed E-state index contributed by atoms with van der Waals surface area (Å²) < 4.78 is 57.9. The third-order valence-electron chi connectivity index (χ3n) is 7.25. The van der Waals surface area contributed by atoms with E-state index in [-0.39, 0.29) is 74.9 Å². The molecule has 0 bridgehead atoms. The van der Waals surface area contributed by atoms with Gasteiger partial charge in [-0.25, -0.2) is 0 Å². The van der Waals surface area contributed by atoms with Crippen LogP contribution in [-0.2, 0) is 57.0 Å². The predicted octanol–water partition coefficient (Wildman–Crippen LogP) is -0.240. The number of thioether (sulfide) groups is 1. The van der Waals surface area contributed by atoms with Crippen molar-refractivity contribution in [3.8, 4) is 0 Å². The second-order valence-electron chi connectivity index (χ2n) is 11.8. The maximum Gasteiger partial charge on any atom is 0.282 e. The summed E-state index contributed by atoms with van der Waals surface area (Å²) in [7, 11) is 6.66. The van der Waals surface area contributed by atoms with Gasteiger partial charge in [-0.15, -0.1) is 0 Å². The zero-order valence-electron chi connectivity index (χ0n) is 26.2. The van der Waals surface area contributed by atoms with Crippen LogP contribution in [0.4, 0.5) is 0 Å². The van der Waals surface area contributed by atoms with Gasteiger partial charge in [0.05, 0.1) is 78.3 Å². The van der Waals surface area contributed by atoms with Crippen LogP contribution < -0.4 is 0 Å². The highest BCUT2D eigenvalue weighted by Crippen LogP contribution is 2.24. The Hall–Kier alpha value is -1.11. The van der Waals surface area contributed by atoms with Crippen molar-refractivity contribution in [3.05, 3.63) is 0 Å². The molecule has 2 amide bonds. The molecule has 0 spiro atoms. The number of carbonyl (C=O) groups excluding carboxylic acids is 2. The molecule has 4 atom stereocenters. The topological polar surface area (TPSA) is 140 Å². The molecule has 0 saturated carbocycles. The summed E-state index contributed by atoms with van der Waals surface area (Å²) >= 11 is 1.68. The van der Waals surface area contributed by atoms with E-state index in [1.807, 2.05) is 0 Å². The molecule has 4 aliphatic heterocycles. The Labute approximate surface area is 258 Å². The molecule has 4 unspecified atom stereocenters. The molecule has 0 aromatic heterocycles. The predicted molar refractivity (Wildman–Crippen MR) is 154 cm³/mol. The summed E-state index contributed by atoms with van der Waals surface area (Å²) in [6, 6.07) is 0. The fraction of sp³-hybridized carbons (Fsp3) is 0.929. The van der Waals surface area contributed by atoms with Crippen LogP contribution >= 0.6 is 11.8 Å². The number of hydrogen-bond acceptors (Lipinski definition) is 13. The van der Waals surface area contributed by atoms with Crippen molar-refractivity contribution in [1.82, 2.24) is 9.80 Å². The molecule has 0 radical (unpaired) electrons. The maximum absolute atomic E-state index is 12.4. The second kappa shape index (κ2) is 15.9. The van der Waals surface area contributed by atoms with Gasteiger partial charge in [-0.1, -0.05) is 0 Å². The lowest BCUT2D eigenvalue weighted by atomic mass is 10.2. The van der Waals surface area contributed by atoms with Crippen LogP contribution in [0.5, 0.6) is 0 Å². The average Bonchev–Trinajstić information content (AvgIpc) is 3.92. The largest absolute Gasteiger partial charge is 0.372 e. The smallest absolute Gasteiger partial charge is 0.282 e. The number of ether oxygens (including phenoxy) is 10. The standard InChI is InChI=1S/C28H48N2O12S/c1-27(25(31)29(3)4)39-13-21(14-40-27)35-11-23(37-9-19-7-33-19)17-43-18-24(38-10-20-8-34-20)12-36-22-15-41-28(2,42-16-22)26(32)30(5)6/h19-24H,7-18H2,1-6H3. The van der Waals surface area contributed by atoms with Gasteiger partial charge >= 0.3 is 0 Å². The van der Waals surface area contributed by atoms with Crippen molar-refractivity contribution in [1.29, 1.82) is 0 Å². The zero-order chi connectivity index (χ0) is 31.0. The first-order chi connectivity index (χ1) is 20.5. The van der Waals surface area contributed by atoms with E-state index in [1.165, 1.54) is 9.80 Å². The van der Waals surface area contributed by atoms with Gasteiger partial charge in [0.1, 0.15) is 24.4 Å². The normalized spacial score (nSPS) is 33.4. The van der Waals surface area contributed by atoms with Crippen molar-refractivity contribution in [2.75, 3.05) is 106 Å². The van der Waals surface area contributed by atoms with E-state index in [9.17, 15) is 9.59 Å². The Morgan fingerprint density at radius 2 is 1.05 bits per heavy atom. The fourth-order valence-corrected chi connectivity index (χ4v) is 5.41. The molecule has 248 valence electrons. The summed E-state index contributed by atoms with van der Waals surface area (Å²) in [6.45, 7) is 7.32. The summed E-state index contributed by atoms with van der Waals surface area (Å²) in [5.74, 6) is -1.77. The molecule has 0 aliphatic carbocycles. The number of carbonyl (C=O) groups is 2. The molecule has 4 fully saturated rings. The molecule has 4 saturated heterocycles. The lowest BCUT2D eigenvalue weighted by molar-refractivity contribution is -0.280. The first-order valence-corrected chi connectivity index (χ1v) is 15.9. The molecule has 4 heterocycles. The van der Waals surface area contributed by atoms with Gasteiger partial charge < -0.3 is 57.2 Å². The minimum absolute atomic E-state index is 0.129. The van der Waals surface area contributed by atoms with E-state index in [0.717, 1.165) is 0 Å². The highest BCUT2D eigenvalue weighted by atomic mass is 32.2. The Balaban J connectivity index is 1.20. The summed E-state index contributed by atoms with van der Waals surface area (Å²) in [5, 5.41) is 0. The molecule has 15 heteroatoms. The molecule has 0 N–H and O–H groups in total. The number of rotatable bonds is 18. The number of epoxide rings is 2. The van der Waals surface area contributed by atoms with Gasteiger partial charge in [-0.2, -0.15) is 11.8 Å². The molecular weight excluding hydrogens is 588 g/mol. The van der Waals surface area contributed by atoms with E-state index in [0.29, 0.717) is 51.1 Å². The van der Waals surface area contributed by atoms with E-state index in [2.05, 4.69) is 0 Å². The van der Waals surface area contributed by atoms with Crippen LogP contribution in [0.2, 0.25) is 0 Å². The summed E-state index contributed by atoms with van der Waals surface area (Å²) in [5.41, 5.74) is 0. The maximum atomic E-state index is 12.4. The van der Waals surface area contributed by atoms with Gasteiger partial charge in [-0.05, 0) is 13.8 Å². The van der Waals surface area contributed by atoms with Crippen LogP contribution in [0, 0.1) is 0 Å². The minimum atomic E-state index is -1.31. The minimum Gasteiger partial charge on any atom is -0.372 e. The number of likely N-dealkylation sites (N-methyl/N-ethyl adjacent to an activating group) is 2. The number of nitrogens with zero attached hydrogens (tertiary/aromatic N) is 2. The Morgan fingerprint density at radius 3 is 1.35 bits per heavy atom. The highest BCUT2D eigenvalue weighted by Gasteiger charge is 2.43. The van der Waals surface area contributed by atoms with Crippen molar-refractivity contribution in [3.63, 3.8) is 0 Å². The van der Waals surface area contributed by atoms with Gasteiger partial charge in [0.2, 0.25) is 11.6 Å². The molecule has 4 rings (SSSR count). The Bertz CT molecular complexity index is 817. The molecule has 0 aromatic rings. The lowest BCUT2D eigenvalue weighted by Crippen LogP contribution is -2.54. The zero-order valence-corrected chi connectivity index (χ0v) is 27.0. The molecule has 0 aromatic carbocycles. The quantitative estimate of drug-likeness (QED) is 0.183. The third-order valence-corrected chi connectivity index (χ3v) is 8.47. The molecule has 14 nitrogen and oxygen atoms in total. The van der Waals surface area contributed by atoms with Gasteiger partial charge in [0, 0.05) is 39.7 Å². The summed E-state index contributed by atoms with van der Waals surface area (Å²) in [6.07, 6.45) is -0.741. The van der Waals surface area contributed by atoms with Crippen LogP contribution in [-0.4, -0.2) is 176 Å². The second-order valence-corrected chi connectivity index (χ2v) is 12.9. The van der Waals surface area contributed by atoms with Crippen molar-refractivity contribution < 1.29 is 57.0 Å². The van der Waals surface area contributed by atoms with E-state index >= 15 is 0 Å². The van der Waals surface area contributed by atoms with Crippen molar-refractivity contribution in [2.45, 2.75) is 62.0 Å². The lowest BCUT2D eigenvalue weighted by Gasteiger charge is -2.37. The van der Waals surface area contributed by atoms with E-state index < -0.39 is 11.6 Å². The van der Waals surface area contributed by atoms with Gasteiger partial charge in [0.25, 0.3) is 11.8 Å². The number of hydrogen-bond donors (Lipinski definition) is 0. The van der Waals surface area contributed by atoms with Gasteiger partial charge in [0.15, 0.2) is 0 Å². The molecule has 43 heavy (non-hydrogen) atoms. The van der Waals surface area contributed by atoms with Crippen molar-refractivity contribution >= 4 is 23.6 Å². The van der Waals surface area contributed by atoms with Crippen LogP contribution in [0.1, 0.15) is 13.8 Å². The third kappa shape index (κ3) is 11.0. The van der Waals surface area contributed by atoms with E-state index in [1.54, 1.807) is 53.8 Å². The fourth-order valence-electron chi connectivity index (χ4n) is 4.36. The average molecular weight is 637 g/mol. The van der Waals surface area contributed by atoms with Crippen LogP contribution in [0.3, 0.4) is 0 Å². The van der Waals surface area contributed by atoms with Gasteiger partial charge in [-0.3, -0.25) is 9.59 Å². The first-order valence-electron chi connectivity index (χ1n) is 14.7. The summed E-state index contributed by atoms with van der Waals surface area (Å²) in [4.78, 5) is 27.6. The van der Waals surface area contributed by atoms with E-state index in [4.69, 9.17) is 47.4 Å². The number of amides is 2. The van der Waals surface area contributed by atoms with Crippen molar-refractivity contribution in [2.24, 2.45) is 0 Å². The monoisotopic (exact) mass is 636 g/mol. The SMILES string of the molecule is CN(C)C(=O)C1(C)OCC(OCC(CSCC(COC2COC(C)(C(=O)N(C)C)OC2)OCC2CO2)OCC2CO2)CO1. The molecular formula is C28H48N2O12S. The van der Waals surface area contributed by atoms with Crippen LogP contribution in [0.15, 0.2) is 0 Å². The molecule has 4 aliphatic rings. The van der Waals surface area contributed by atoms with Crippen LogP contribution in [0.25, 0.3) is 0 Å². The first kappa shape index (κ1) is 34.8. The Morgan fingerprint density at radius 1 is 0.698 bits per heavy atom. The highest BCUT2D eigenvalue weighted by molar-refractivity contribution is 7.99.